The average Bonchev–Trinajstić information content (AvgIpc) is 2.75. The fourth-order valence-electron chi connectivity index (χ4n) is 1.79. The number of methoxy groups -OCH3 is 2. The Kier molecular flexibility index (Phi) is 5.10. The summed E-state index contributed by atoms with van der Waals surface area (Å²) in [7, 11) is 2.68. The lowest BCUT2D eigenvalue weighted by atomic mass is 10.2. The van der Waals surface area contributed by atoms with Crippen LogP contribution in [0.5, 0.6) is 5.75 Å². The van der Waals surface area contributed by atoms with Gasteiger partial charge in [0, 0.05) is 10.6 Å². The molecule has 22 heavy (non-hydrogen) atoms. The molecule has 1 aromatic carbocycles. The lowest BCUT2D eigenvalue weighted by Crippen LogP contribution is -2.34. The van der Waals surface area contributed by atoms with E-state index in [9.17, 15) is 14.4 Å². The molecule has 8 heteroatoms. The van der Waals surface area contributed by atoms with Crippen LogP contribution < -0.4 is 4.74 Å². The Hall–Kier alpha value is -1.99. The van der Waals surface area contributed by atoms with Gasteiger partial charge in [-0.1, -0.05) is 11.6 Å². The van der Waals surface area contributed by atoms with Crippen molar-refractivity contribution in [2.75, 3.05) is 20.8 Å². The second kappa shape index (κ2) is 6.85. The van der Waals surface area contributed by atoms with Crippen molar-refractivity contribution in [3.8, 4) is 5.75 Å². The number of carbonyl (C=O) groups excluding carboxylic acids is 3. The van der Waals surface area contributed by atoms with E-state index in [1.54, 1.807) is 18.2 Å². The number of imide groups is 1. The molecule has 1 aliphatic rings. The highest BCUT2D eigenvalue weighted by Crippen LogP contribution is 2.34. The summed E-state index contributed by atoms with van der Waals surface area (Å²) in [5, 5.41) is -0.0523. The van der Waals surface area contributed by atoms with Gasteiger partial charge in [-0.05, 0) is 36.0 Å². The van der Waals surface area contributed by atoms with E-state index < -0.39 is 23.7 Å². The van der Waals surface area contributed by atoms with E-state index in [2.05, 4.69) is 4.74 Å². The van der Waals surface area contributed by atoms with Gasteiger partial charge in [0.2, 0.25) is 0 Å². The van der Waals surface area contributed by atoms with Crippen LogP contribution in [0.25, 0.3) is 6.08 Å². The first kappa shape index (κ1) is 16.4. The molecule has 2 rings (SSSR count). The summed E-state index contributed by atoms with van der Waals surface area (Å²) < 4.78 is 9.65. The summed E-state index contributed by atoms with van der Waals surface area (Å²) in [5.41, 5.74) is 0.568. The third-order valence-corrected chi connectivity index (χ3v) is 4.01. The van der Waals surface area contributed by atoms with Gasteiger partial charge in [0.1, 0.15) is 12.3 Å². The number of amides is 2. The van der Waals surface area contributed by atoms with Crippen LogP contribution in [0.15, 0.2) is 23.1 Å². The summed E-state index contributed by atoms with van der Waals surface area (Å²) >= 11 is 6.67. The Morgan fingerprint density at radius 3 is 2.73 bits per heavy atom. The van der Waals surface area contributed by atoms with Gasteiger partial charge in [-0.15, -0.1) is 0 Å². The molecule has 0 saturated carbocycles. The van der Waals surface area contributed by atoms with E-state index in [0.29, 0.717) is 16.3 Å². The van der Waals surface area contributed by atoms with Crippen LogP contribution in [0, 0.1) is 0 Å². The molecule has 0 unspecified atom stereocenters. The largest absolute Gasteiger partial charge is 0.496 e. The molecular formula is C14H12ClNO5S. The van der Waals surface area contributed by atoms with E-state index >= 15 is 0 Å². The minimum absolute atomic E-state index is 0.189. The van der Waals surface area contributed by atoms with Gasteiger partial charge in [0.25, 0.3) is 11.1 Å². The molecule has 1 fully saturated rings. The van der Waals surface area contributed by atoms with Gasteiger partial charge >= 0.3 is 5.97 Å². The van der Waals surface area contributed by atoms with Crippen molar-refractivity contribution in [1.82, 2.24) is 4.90 Å². The molecule has 0 aromatic heterocycles. The van der Waals surface area contributed by atoms with Gasteiger partial charge in [-0.3, -0.25) is 19.3 Å². The van der Waals surface area contributed by atoms with E-state index in [1.165, 1.54) is 20.3 Å². The number of halogens is 1. The Morgan fingerprint density at radius 1 is 1.36 bits per heavy atom. The van der Waals surface area contributed by atoms with Crippen LogP contribution >= 0.6 is 23.4 Å². The van der Waals surface area contributed by atoms with Crippen molar-refractivity contribution < 1.29 is 23.9 Å². The molecule has 6 nitrogen and oxygen atoms in total. The highest BCUT2D eigenvalue weighted by atomic mass is 35.5. The average molecular weight is 342 g/mol. The zero-order valence-electron chi connectivity index (χ0n) is 11.8. The van der Waals surface area contributed by atoms with Crippen molar-refractivity contribution in [3.63, 3.8) is 0 Å². The SMILES string of the molecule is COC(=O)CN1C(=O)S/C(=C\c2cc(Cl)ccc2OC)C1=O. The molecular weight excluding hydrogens is 330 g/mol. The Labute approximate surface area is 136 Å². The predicted octanol–water partition coefficient (Wildman–Crippen LogP) is 2.56. The van der Waals surface area contributed by atoms with Crippen LogP contribution in [0.3, 0.4) is 0 Å². The minimum Gasteiger partial charge on any atom is -0.496 e. The van der Waals surface area contributed by atoms with Gasteiger partial charge in [-0.2, -0.15) is 0 Å². The molecule has 116 valence electrons. The first-order valence-corrected chi connectivity index (χ1v) is 7.31. The van der Waals surface area contributed by atoms with Crippen molar-refractivity contribution >= 4 is 46.6 Å². The maximum Gasteiger partial charge on any atom is 0.325 e. The maximum absolute atomic E-state index is 12.2. The molecule has 0 spiro atoms. The van der Waals surface area contributed by atoms with Crippen LogP contribution in [-0.4, -0.2) is 42.8 Å². The summed E-state index contributed by atoms with van der Waals surface area (Å²) in [6.07, 6.45) is 1.51. The smallest absolute Gasteiger partial charge is 0.325 e. The van der Waals surface area contributed by atoms with Crippen LogP contribution in [-0.2, 0) is 14.3 Å². The molecule has 1 aromatic rings. The maximum atomic E-state index is 12.2. The van der Waals surface area contributed by atoms with Gasteiger partial charge in [0.05, 0.1) is 19.1 Å². The summed E-state index contributed by atoms with van der Waals surface area (Å²) in [5.74, 6) is -0.699. The molecule has 0 aliphatic carbocycles. The zero-order chi connectivity index (χ0) is 16.3. The second-order valence-corrected chi connectivity index (χ2v) is 5.66. The first-order valence-electron chi connectivity index (χ1n) is 6.12. The number of esters is 1. The fourth-order valence-corrected chi connectivity index (χ4v) is 2.80. The normalized spacial score (nSPS) is 16.3. The summed E-state index contributed by atoms with van der Waals surface area (Å²) in [6.45, 7) is -0.412. The number of ether oxygens (including phenoxy) is 2. The van der Waals surface area contributed by atoms with E-state index in [-0.39, 0.29) is 4.91 Å². The highest BCUT2D eigenvalue weighted by Gasteiger charge is 2.36. The van der Waals surface area contributed by atoms with Crippen molar-refractivity contribution in [3.05, 3.63) is 33.7 Å². The van der Waals surface area contributed by atoms with E-state index in [4.69, 9.17) is 16.3 Å². The third-order valence-electron chi connectivity index (χ3n) is 2.87. The summed E-state index contributed by atoms with van der Waals surface area (Å²) in [4.78, 5) is 36.3. The number of benzene rings is 1. The predicted molar refractivity (Wildman–Crippen MR) is 82.7 cm³/mol. The highest BCUT2D eigenvalue weighted by molar-refractivity contribution is 8.18. The topological polar surface area (TPSA) is 72.9 Å². The fraction of sp³-hybridized carbons (Fsp3) is 0.214. The number of hydrogen-bond acceptors (Lipinski definition) is 6. The molecule has 0 radical (unpaired) electrons. The van der Waals surface area contributed by atoms with E-state index in [1.807, 2.05) is 0 Å². The summed E-state index contributed by atoms with van der Waals surface area (Å²) in [6, 6.07) is 4.93. The molecule has 1 aliphatic heterocycles. The lowest BCUT2D eigenvalue weighted by molar-refractivity contribution is -0.143. The van der Waals surface area contributed by atoms with Gasteiger partial charge in [0.15, 0.2) is 0 Å². The first-order chi connectivity index (χ1) is 10.5. The number of carbonyl (C=O) groups is 3. The molecule has 0 bridgehead atoms. The van der Waals surface area contributed by atoms with Gasteiger partial charge < -0.3 is 9.47 Å². The number of thioether (sulfide) groups is 1. The number of nitrogens with zero attached hydrogens (tertiary/aromatic N) is 1. The minimum atomic E-state index is -0.663. The van der Waals surface area contributed by atoms with Crippen LogP contribution in [0.1, 0.15) is 5.56 Å². The molecule has 0 N–H and O–H groups in total. The molecule has 0 atom stereocenters. The quantitative estimate of drug-likeness (QED) is 0.619. The van der Waals surface area contributed by atoms with E-state index in [0.717, 1.165) is 16.7 Å². The van der Waals surface area contributed by atoms with Crippen LogP contribution in [0.2, 0.25) is 5.02 Å². The molecule has 2 amide bonds. The lowest BCUT2D eigenvalue weighted by Gasteiger charge is -2.10. The Morgan fingerprint density at radius 2 is 2.09 bits per heavy atom. The second-order valence-electron chi connectivity index (χ2n) is 4.23. The van der Waals surface area contributed by atoms with Crippen LogP contribution in [0.4, 0.5) is 4.79 Å². The standard InChI is InChI=1S/C14H12ClNO5S/c1-20-10-4-3-9(15)5-8(10)6-11-13(18)16(14(19)22-11)7-12(17)21-2/h3-6H,7H2,1-2H3/b11-6-. The van der Waals surface area contributed by atoms with Crippen molar-refractivity contribution in [2.24, 2.45) is 0 Å². The Balaban J connectivity index is 2.30. The Bertz CT molecular complexity index is 673. The third kappa shape index (κ3) is 3.42. The number of hydrogen-bond donors (Lipinski definition) is 0. The molecule has 1 heterocycles. The van der Waals surface area contributed by atoms with Crippen molar-refractivity contribution in [2.45, 2.75) is 0 Å². The number of rotatable bonds is 4. The van der Waals surface area contributed by atoms with Gasteiger partial charge in [-0.25, -0.2) is 0 Å². The molecule has 1 saturated heterocycles. The monoisotopic (exact) mass is 341 g/mol. The zero-order valence-corrected chi connectivity index (χ0v) is 13.4. The van der Waals surface area contributed by atoms with Crippen molar-refractivity contribution in [1.29, 1.82) is 0 Å².